The zero-order chi connectivity index (χ0) is 21.5. The monoisotopic (exact) mass is 401 g/mol. The van der Waals surface area contributed by atoms with Gasteiger partial charge in [0.15, 0.2) is 0 Å². The van der Waals surface area contributed by atoms with E-state index in [1.807, 2.05) is 50.0 Å². The molecular weight excluding hydrogens is 364 g/mol. The highest BCUT2D eigenvalue weighted by atomic mass is 16.1. The topological polar surface area (TPSA) is 85.7 Å². The van der Waals surface area contributed by atoms with E-state index in [0.717, 1.165) is 18.7 Å². The number of hydrogen-bond donors (Lipinski definition) is 3. The molecule has 0 aliphatic heterocycles. The lowest BCUT2D eigenvalue weighted by atomic mass is 10.1. The van der Waals surface area contributed by atoms with Crippen LogP contribution in [0.4, 0.5) is 17.1 Å². The average Bonchev–Trinajstić information content (AvgIpc) is 2.70. The first-order valence-electron chi connectivity index (χ1n) is 10.4. The first-order chi connectivity index (χ1) is 14.0. The van der Waals surface area contributed by atoms with Crippen molar-refractivity contribution in [2.75, 3.05) is 31.3 Å². The average molecular weight is 402 g/mol. The minimum Gasteiger partial charge on any atom is -0.383 e. The van der Waals surface area contributed by atoms with E-state index in [-0.39, 0.29) is 5.91 Å². The number of nitrogens with two attached hydrogens (primary N) is 1. The van der Waals surface area contributed by atoms with Gasteiger partial charge in [0.25, 0.3) is 0 Å². The van der Waals surface area contributed by atoms with Crippen LogP contribution in [0.5, 0.6) is 0 Å². The number of hydrogen-bond acceptors (Lipinski definition) is 5. The summed E-state index contributed by atoms with van der Waals surface area (Å²) in [7, 11) is 3.82. The van der Waals surface area contributed by atoms with Gasteiger partial charge in [0.05, 0.1) is 18.9 Å². The molecule has 0 saturated carbocycles. The standard InChI is InChI=1S/C22H36N6O/c1-6-7-8-9-10-11-14-24-21-13-12-20(25-19(3)29)17-22(21)27-26-18(2)28(5)16-15-23-4/h12-13,15-17,23-24H,2,6-11,14H2,1,3-5H3,(H,25,29)/p+1. The van der Waals surface area contributed by atoms with Gasteiger partial charge >= 0.3 is 0 Å². The quantitative estimate of drug-likeness (QED) is 0.315. The second-order valence-corrected chi connectivity index (χ2v) is 7.01. The van der Waals surface area contributed by atoms with Gasteiger partial charge in [-0.1, -0.05) is 45.6 Å². The number of quaternary nitrogens is 1. The summed E-state index contributed by atoms with van der Waals surface area (Å²) < 4.78 is 0. The van der Waals surface area contributed by atoms with Crippen molar-refractivity contribution in [2.45, 2.75) is 52.4 Å². The van der Waals surface area contributed by atoms with E-state index in [2.05, 4.69) is 34.4 Å². The van der Waals surface area contributed by atoms with E-state index < -0.39 is 0 Å². The minimum atomic E-state index is -0.120. The fourth-order valence-electron chi connectivity index (χ4n) is 2.66. The molecule has 0 saturated heterocycles. The van der Waals surface area contributed by atoms with Crippen molar-refractivity contribution >= 4 is 23.0 Å². The molecule has 0 fully saturated rings. The molecule has 0 aliphatic rings. The number of nitrogens with one attached hydrogen (secondary N) is 2. The predicted octanol–water partition coefficient (Wildman–Crippen LogP) is 4.57. The van der Waals surface area contributed by atoms with Gasteiger partial charge in [0.2, 0.25) is 5.91 Å². The van der Waals surface area contributed by atoms with Crippen LogP contribution < -0.4 is 16.0 Å². The Bertz CT molecular complexity index is 699. The van der Waals surface area contributed by atoms with Gasteiger partial charge in [-0.2, -0.15) is 0 Å². The largest absolute Gasteiger partial charge is 0.383 e. The van der Waals surface area contributed by atoms with Crippen LogP contribution in [0.2, 0.25) is 0 Å². The summed E-state index contributed by atoms with van der Waals surface area (Å²) in [5, 5.41) is 16.8. The Morgan fingerprint density at radius 2 is 1.97 bits per heavy atom. The van der Waals surface area contributed by atoms with Gasteiger partial charge in [-0.15, -0.1) is 10.2 Å². The molecular formula is C22H37N6O+. The molecule has 7 nitrogen and oxygen atoms in total. The highest BCUT2D eigenvalue weighted by Crippen LogP contribution is 2.29. The van der Waals surface area contributed by atoms with Crippen LogP contribution in [0.25, 0.3) is 0 Å². The maximum atomic E-state index is 11.4. The number of amides is 1. The number of benzene rings is 1. The summed E-state index contributed by atoms with van der Waals surface area (Å²) in [5.41, 5.74) is 2.25. The molecule has 0 radical (unpaired) electrons. The van der Waals surface area contributed by atoms with E-state index in [1.54, 1.807) is 4.90 Å². The zero-order valence-electron chi connectivity index (χ0n) is 18.4. The van der Waals surface area contributed by atoms with Crippen LogP contribution in [0, 0.1) is 0 Å². The summed E-state index contributed by atoms with van der Waals surface area (Å²) in [6.07, 6.45) is 11.3. The maximum Gasteiger partial charge on any atom is 0.221 e. The molecule has 0 atom stereocenters. The van der Waals surface area contributed by atoms with Gasteiger partial charge in [-0.3, -0.25) is 4.79 Å². The van der Waals surface area contributed by atoms with Crippen LogP contribution in [0.15, 0.2) is 53.2 Å². The van der Waals surface area contributed by atoms with E-state index in [0.29, 0.717) is 17.2 Å². The lowest BCUT2D eigenvalue weighted by Gasteiger charge is -2.13. The Balaban J connectivity index is 2.79. The van der Waals surface area contributed by atoms with Crippen molar-refractivity contribution in [3.8, 4) is 0 Å². The van der Waals surface area contributed by atoms with Gasteiger partial charge in [0.1, 0.15) is 17.7 Å². The smallest absolute Gasteiger partial charge is 0.221 e. The third-order valence-corrected chi connectivity index (χ3v) is 4.35. The minimum absolute atomic E-state index is 0.120. The SMILES string of the molecule is C=C(N=Nc1cc(NC(C)=O)ccc1NCCCCCCCC)N(C)C=C[NH2+]C. The van der Waals surface area contributed by atoms with E-state index in [9.17, 15) is 4.79 Å². The third-order valence-electron chi connectivity index (χ3n) is 4.35. The molecule has 0 unspecified atom stereocenters. The number of unbranched alkanes of at least 4 members (excludes halogenated alkanes) is 5. The molecule has 29 heavy (non-hydrogen) atoms. The van der Waals surface area contributed by atoms with Crippen molar-refractivity contribution in [2.24, 2.45) is 10.2 Å². The van der Waals surface area contributed by atoms with Crippen LogP contribution in [-0.4, -0.2) is 31.4 Å². The third kappa shape index (κ3) is 10.4. The van der Waals surface area contributed by atoms with Crippen LogP contribution in [0.3, 0.4) is 0 Å². The van der Waals surface area contributed by atoms with E-state index in [4.69, 9.17) is 0 Å². The number of rotatable bonds is 14. The van der Waals surface area contributed by atoms with Gasteiger partial charge in [-0.25, -0.2) is 0 Å². The number of anilines is 2. The van der Waals surface area contributed by atoms with Crippen molar-refractivity contribution < 1.29 is 10.1 Å². The molecule has 7 heteroatoms. The molecule has 1 rings (SSSR count). The molecule has 0 aliphatic carbocycles. The fourth-order valence-corrected chi connectivity index (χ4v) is 2.66. The van der Waals surface area contributed by atoms with Gasteiger partial charge in [-0.05, 0) is 24.6 Å². The normalized spacial score (nSPS) is 11.2. The highest BCUT2D eigenvalue weighted by Gasteiger charge is 2.06. The summed E-state index contributed by atoms with van der Waals surface area (Å²) in [5.74, 6) is 0.403. The molecule has 1 amide bonds. The van der Waals surface area contributed by atoms with Gasteiger partial charge in [0, 0.05) is 26.2 Å². The molecule has 160 valence electrons. The molecule has 4 N–H and O–H groups in total. The molecule has 0 aromatic heterocycles. The summed E-state index contributed by atoms with van der Waals surface area (Å²) in [4.78, 5) is 13.2. The number of nitrogens with zero attached hydrogens (tertiary/aromatic N) is 3. The van der Waals surface area contributed by atoms with Crippen molar-refractivity contribution in [3.05, 3.63) is 43.0 Å². The Kier molecular flexibility index (Phi) is 12.1. The summed E-state index contributed by atoms with van der Waals surface area (Å²) in [6, 6.07) is 5.61. The Morgan fingerprint density at radius 1 is 1.24 bits per heavy atom. The summed E-state index contributed by atoms with van der Waals surface area (Å²) in [6.45, 7) is 8.54. The van der Waals surface area contributed by atoms with Crippen LogP contribution in [-0.2, 0) is 4.79 Å². The van der Waals surface area contributed by atoms with E-state index >= 15 is 0 Å². The highest BCUT2D eigenvalue weighted by molar-refractivity contribution is 5.90. The lowest BCUT2D eigenvalue weighted by molar-refractivity contribution is -0.557. The zero-order valence-corrected chi connectivity index (χ0v) is 18.4. The number of azo groups is 1. The molecule has 0 heterocycles. The summed E-state index contributed by atoms with van der Waals surface area (Å²) >= 11 is 0. The fraction of sp³-hybridized carbons (Fsp3) is 0.500. The second kappa shape index (κ2) is 14.3. The van der Waals surface area contributed by atoms with Crippen molar-refractivity contribution in [1.82, 2.24) is 4.90 Å². The Morgan fingerprint density at radius 3 is 2.66 bits per heavy atom. The van der Waals surface area contributed by atoms with Gasteiger partial charge < -0.3 is 20.9 Å². The first-order valence-corrected chi connectivity index (χ1v) is 10.4. The predicted molar refractivity (Wildman–Crippen MR) is 121 cm³/mol. The molecule has 0 spiro atoms. The van der Waals surface area contributed by atoms with Crippen LogP contribution >= 0.6 is 0 Å². The first kappa shape index (κ1) is 24.4. The maximum absolute atomic E-state index is 11.4. The van der Waals surface area contributed by atoms with Crippen molar-refractivity contribution in [1.29, 1.82) is 0 Å². The Hall–Kier alpha value is -2.67. The second-order valence-electron chi connectivity index (χ2n) is 7.01. The molecule has 1 aromatic carbocycles. The van der Waals surface area contributed by atoms with Crippen LogP contribution in [0.1, 0.15) is 52.4 Å². The molecule has 0 bridgehead atoms. The van der Waals surface area contributed by atoms with E-state index in [1.165, 1.54) is 39.0 Å². The van der Waals surface area contributed by atoms with Crippen molar-refractivity contribution in [3.63, 3.8) is 0 Å². The lowest BCUT2D eigenvalue weighted by Crippen LogP contribution is -2.72. The Labute approximate surface area is 175 Å². The molecule has 1 aromatic rings. The number of carbonyl (C=O) groups excluding carboxylic acids is 1. The number of carbonyl (C=O) groups is 1.